The van der Waals surface area contributed by atoms with E-state index in [1.54, 1.807) is 20.8 Å². The van der Waals surface area contributed by atoms with E-state index in [-0.39, 0.29) is 67.9 Å². The number of carboxylic acids is 3. The van der Waals surface area contributed by atoms with Gasteiger partial charge in [0.15, 0.2) is 0 Å². The molecular weight excluding hydrogens is 472 g/mol. The van der Waals surface area contributed by atoms with Crippen LogP contribution in [0.15, 0.2) is 0 Å². The zero-order valence-corrected chi connectivity index (χ0v) is 20.8. The van der Waals surface area contributed by atoms with Crippen molar-refractivity contribution in [1.29, 1.82) is 0 Å². The van der Waals surface area contributed by atoms with Gasteiger partial charge in [0.25, 0.3) is 0 Å². The fourth-order valence-corrected chi connectivity index (χ4v) is 1.85. The highest BCUT2D eigenvalue weighted by Gasteiger charge is 2.26. The van der Waals surface area contributed by atoms with Crippen LogP contribution in [-0.2, 0) is 14.4 Å². The number of thiol groups is 3. The minimum Gasteiger partial charge on any atom is -0.481 e. The van der Waals surface area contributed by atoms with Gasteiger partial charge >= 0.3 is 17.9 Å². The predicted octanol–water partition coefficient (Wildman–Crippen LogP) is 0.670. The number of hydrogen-bond acceptors (Lipinski definition) is 10. The highest BCUT2D eigenvalue weighted by molar-refractivity contribution is 7.81. The summed E-state index contributed by atoms with van der Waals surface area (Å²) in [6.07, 6.45) is 0.645. The summed E-state index contributed by atoms with van der Waals surface area (Å²) < 4.78 is 0. The SMILES string of the molecule is CC(S)CC(=O)O.CC(S)CC(=O)O.CC(S)CC(=O)O.OCCC(CO)(CO)CO. The van der Waals surface area contributed by atoms with E-state index in [1.165, 1.54) is 0 Å². The lowest BCUT2D eigenvalue weighted by atomic mass is 9.88. The topological polar surface area (TPSA) is 193 Å². The van der Waals surface area contributed by atoms with Crippen LogP contribution >= 0.6 is 37.9 Å². The van der Waals surface area contributed by atoms with Crippen molar-refractivity contribution < 1.29 is 50.1 Å². The smallest absolute Gasteiger partial charge is 0.304 e. The van der Waals surface area contributed by atoms with Crippen LogP contribution in [0, 0.1) is 5.41 Å². The van der Waals surface area contributed by atoms with Gasteiger partial charge in [-0.15, -0.1) is 0 Å². The summed E-state index contributed by atoms with van der Waals surface area (Å²) in [7, 11) is 0. The van der Waals surface area contributed by atoms with E-state index in [4.69, 9.17) is 35.7 Å². The van der Waals surface area contributed by atoms with Gasteiger partial charge in [0, 0.05) is 27.8 Å². The first-order chi connectivity index (χ1) is 14.1. The Kier molecular flexibility index (Phi) is 29.1. The van der Waals surface area contributed by atoms with Gasteiger partial charge in [0.05, 0.1) is 39.1 Å². The summed E-state index contributed by atoms with van der Waals surface area (Å²) in [5, 5.41) is 58.5. The fraction of sp³-hybridized carbons (Fsp3) is 0.833. The molecule has 0 aliphatic rings. The van der Waals surface area contributed by atoms with E-state index < -0.39 is 23.3 Å². The number of carbonyl (C=O) groups is 3. The van der Waals surface area contributed by atoms with Crippen molar-refractivity contribution in [3.05, 3.63) is 0 Å². The molecule has 0 amide bonds. The molecule has 0 saturated heterocycles. The van der Waals surface area contributed by atoms with E-state index in [0.29, 0.717) is 0 Å². The minimum absolute atomic E-state index is 0.0301. The van der Waals surface area contributed by atoms with Crippen LogP contribution in [0.1, 0.15) is 46.5 Å². The van der Waals surface area contributed by atoms with Gasteiger partial charge in [-0.3, -0.25) is 14.4 Å². The second-order valence-electron chi connectivity index (χ2n) is 6.79. The Hall–Kier alpha value is -0.700. The van der Waals surface area contributed by atoms with Crippen LogP contribution in [0.5, 0.6) is 0 Å². The second kappa shape index (κ2) is 24.0. The maximum absolute atomic E-state index is 9.76. The van der Waals surface area contributed by atoms with Crippen molar-refractivity contribution in [1.82, 2.24) is 0 Å². The fourth-order valence-electron chi connectivity index (χ4n) is 1.38. The summed E-state index contributed by atoms with van der Waals surface area (Å²) >= 11 is 11.6. The molecule has 0 aliphatic carbocycles. The quantitative estimate of drug-likeness (QED) is 0.177. The first-order valence-electron chi connectivity index (χ1n) is 9.25. The third-order valence-corrected chi connectivity index (χ3v) is 3.61. The molecule has 0 radical (unpaired) electrons. The van der Waals surface area contributed by atoms with Crippen LogP contribution in [0.2, 0.25) is 0 Å². The zero-order chi connectivity index (χ0) is 25.6. The Morgan fingerprint density at radius 3 is 0.903 bits per heavy atom. The minimum atomic E-state index is -0.908. The van der Waals surface area contributed by atoms with Crippen LogP contribution < -0.4 is 0 Å². The molecule has 3 unspecified atom stereocenters. The first-order valence-corrected chi connectivity index (χ1v) is 10.8. The van der Waals surface area contributed by atoms with Gasteiger partial charge < -0.3 is 35.7 Å². The molecule has 0 heterocycles. The average molecular weight is 511 g/mol. The molecular formula is C18H38O10S3. The maximum Gasteiger partial charge on any atom is 0.304 e. The molecule has 0 spiro atoms. The van der Waals surface area contributed by atoms with Crippen LogP contribution in [0.3, 0.4) is 0 Å². The van der Waals surface area contributed by atoms with Gasteiger partial charge in [-0.05, 0) is 6.42 Å². The van der Waals surface area contributed by atoms with Gasteiger partial charge in [-0.25, -0.2) is 0 Å². The zero-order valence-electron chi connectivity index (χ0n) is 18.1. The van der Waals surface area contributed by atoms with Crippen LogP contribution in [0.25, 0.3) is 0 Å². The molecule has 0 saturated carbocycles. The second-order valence-corrected chi connectivity index (χ2v) is 9.43. The number of rotatable bonds is 11. The molecule has 0 aromatic carbocycles. The molecule has 0 fully saturated rings. The van der Waals surface area contributed by atoms with Crippen LogP contribution in [-0.4, -0.2) is 95.8 Å². The van der Waals surface area contributed by atoms with E-state index in [0.717, 1.165) is 0 Å². The van der Waals surface area contributed by atoms with Crippen molar-refractivity contribution in [2.24, 2.45) is 5.41 Å². The summed E-state index contributed by atoms with van der Waals surface area (Å²) in [6.45, 7) is 4.19. The highest BCUT2D eigenvalue weighted by Crippen LogP contribution is 2.18. The van der Waals surface area contributed by atoms with Crippen molar-refractivity contribution in [3.8, 4) is 0 Å². The molecule has 0 bridgehead atoms. The molecule has 10 nitrogen and oxygen atoms in total. The van der Waals surface area contributed by atoms with E-state index >= 15 is 0 Å². The monoisotopic (exact) mass is 510 g/mol. The molecule has 3 atom stereocenters. The van der Waals surface area contributed by atoms with Crippen molar-refractivity contribution >= 4 is 55.8 Å². The first kappa shape index (κ1) is 37.6. The Bertz CT molecular complexity index is 400. The largest absolute Gasteiger partial charge is 0.481 e. The Labute approximate surface area is 199 Å². The Balaban J connectivity index is -0.000000159. The highest BCUT2D eigenvalue weighted by atomic mass is 32.1. The third-order valence-electron chi connectivity index (χ3n) is 3.06. The van der Waals surface area contributed by atoms with Crippen LogP contribution in [0.4, 0.5) is 0 Å². The Morgan fingerprint density at radius 1 is 0.645 bits per heavy atom. The lowest BCUT2D eigenvalue weighted by Crippen LogP contribution is -2.34. The summed E-state index contributed by atoms with van der Waals surface area (Å²) in [5.74, 6) is -2.37. The maximum atomic E-state index is 9.76. The molecule has 0 aromatic rings. The van der Waals surface area contributed by atoms with Crippen molar-refractivity contribution in [2.45, 2.75) is 62.2 Å². The molecule has 0 rings (SSSR count). The molecule has 7 N–H and O–H groups in total. The van der Waals surface area contributed by atoms with E-state index in [2.05, 4.69) is 37.9 Å². The third kappa shape index (κ3) is 37.0. The molecule has 31 heavy (non-hydrogen) atoms. The van der Waals surface area contributed by atoms with E-state index in [1.807, 2.05) is 0 Å². The lowest BCUT2D eigenvalue weighted by Gasteiger charge is -2.25. The van der Waals surface area contributed by atoms with E-state index in [9.17, 15) is 14.4 Å². The number of carboxylic acid groups (broad SMARTS) is 3. The number of aliphatic carboxylic acids is 3. The predicted molar refractivity (Wildman–Crippen MR) is 127 cm³/mol. The number of hydrogen-bond donors (Lipinski definition) is 10. The normalized spacial score (nSPS) is 13.0. The van der Waals surface area contributed by atoms with Gasteiger partial charge in [0.2, 0.25) is 0 Å². The van der Waals surface area contributed by atoms with Gasteiger partial charge in [-0.2, -0.15) is 37.9 Å². The summed E-state index contributed by atoms with van der Waals surface area (Å²) in [4.78, 5) is 29.3. The molecule has 0 aliphatic heterocycles. The standard InChI is InChI=1S/C6H14O4.3C4H8O2S/c7-2-1-6(3-8,4-9)5-10;3*1-3(7)2-4(5)6/h7-10H,1-5H2;3*3,7H,2H2,1H3,(H,5,6). The Morgan fingerprint density at radius 2 is 0.871 bits per heavy atom. The summed E-state index contributed by atoms with van der Waals surface area (Å²) in [5.41, 5.74) is -0.908. The molecule has 13 heteroatoms. The number of aliphatic hydroxyl groups is 4. The summed E-state index contributed by atoms with van der Waals surface area (Å²) in [6, 6.07) is 0. The molecule has 188 valence electrons. The number of aliphatic hydroxyl groups excluding tert-OH is 4. The lowest BCUT2D eigenvalue weighted by molar-refractivity contribution is -0.137. The van der Waals surface area contributed by atoms with Gasteiger partial charge in [-0.1, -0.05) is 20.8 Å². The van der Waals surface area contributed by atoms with Gasteiger partial charge in [0.1, 0.15) is 0 Å². The molecule has 0 aromatic heterocycles. The van der Waals surface area contributed by atoms with Crippen molar-refractivity contribution in [3.63, 3.8) is 0 Å². The average Bonchev–Trinajstić information content (AvgIpc) is 2.58. The van der Waals surface area contributed by atoms with Crippen molar-refractivity contribution in [2.75, 3.05) is 26.4 Å².